The molecule has 0 unspecified atom stereocenters. The van der Waals surface area contributed by atoms with Crippen LogP contribution in [0, 0.1) is 27.1 Å². The number of amides is 5. The topological polar surface area (TPSA) is 469 Å². The predicted molar refractivity (Wildman–Crippen MR) is 551 cm³/mol. The van der Waals surface area contributed by atoms with E-state index in [4.69, 9.17) is 0 Å². The summed E-state index contributed by atoms with van der Waals surface area (Å²) < 4.78 is 68.1. The maximum absolute atomic E-state index is 12.0. The van der Waals surface area contributed by atoms with Crippen LogP contribution in [0.15, 0.2) is 98.2 Å². The number of unbranched alkanes of at least 4 members (excludes halogenated alkanes) is 1. The molecule has 0 aromatic rings. The van der Waals surface area contributed by atoms with Crippen molar-refractivity contribution in [3.8, 4) is 0 Å². The molecule has 3 N–H and O–H groups in total. The van der Waals surface area contributed by atoms with Gasteiger partial charge in [-0.05, 0) is 165 Å². The van der Waals surface area contributed by atoms with Gasteiger partial charge in [-0.1, -0.05) is 154 Å². The third-order valence-corrected chi connectivity index (χ3v) is 27.9. The van der Waals surface area contributed by atoms with Crippen molar-refractivity contribution in [2.75, 3.05) is 63.1 Å². The molecule has 788 valence electrons. The van der Waals surface area contributed by atoms with Crippen LogP contribution in [0.3, 0.4) is 0 Å². The fourth-order valence-electron chi connectivity index (χ4n) is 10.2. The Balaban J connectivity index is -0.000000285. The van der Waals surface area contributed by atoms with E-state index in [9.17, 15) is 116 Å². The van der Waals surface area contributed by atoms with Crippen molar-refractivity contribution in [1.82, 2.24) is 25.8 Å². The number of nitrogens with one attached hydrogen (secondary N) is 3. The molecular weight excluding hydrogens is 1830 g/mol. The zero-order chi connectivity index (χ0) is 110. The summed E-state index contributed by atoms with van der Waals surface area (Å²) >= 11 is 0. The Bertz CT molecular complexity index is 4540. The molecule has 1 saturated heterocycles. The Hall–Kier alpha value is -9.50. The van der Waals surface area contributed by atoms with E-state index in [2.05, 4.69) is 42.3 Å². The van der Waals surface area contributed by atoms with Gasteiger partial charge in [0.15, 0.2) is 70.0 Å². The molecule has 0 aromatic carbocycles. The number of sulfone groups is 3. The van der Waals surface area contributed by atoms with Gasteiger partial charge in [0, 0.05) is 201 Å². The van der Waals surface area contributed by atoms with E-state index in [0.29, 0.717) is 70.3 Å². The number of rotatable bonds is 49. The van der Waals surface area contributed by atoms with Gasteiger partial charge in [-0.15, -0.1) is 0 Å². The van der Waals surface area contributed by atoms with E-state index < -0.39 is 49.2 Å². The molecule has 0 spiro atoms. The second-order valence-electron chi connectivity index (χ2n) is 41.6. The van der Waals surface area contributed by atoms with Gasteiger partial charge in [0.05, 0.1) is 31.5 Å². The second kappa shape index (κ2) is 70.2. The Morgan fingerprint density at radius 3 is 0.812 bits per heavy atom. The molecule has 0 aromatic heterocycles. The van der Waals surface area contributed by atoms with E-state index in [-0.39, 0.29) is 259 Å². The summed E-state index contributed by atoms with van der Waals surface area (Å²) in [4.78, 5) is 219. The normalized spacial score (nSPS) is 12.4. The molecule has 0 saturated carbocycles. The maximum atomic E-state index is 12.0. The van der Waals surface area contributed by atoms with Gasteiger partial charge in [-0.2, -0.15) is 0 Å². The summed E-state index contributed by atoms with van der Waals surface area (Å²) in [6, 6.07) is 0. The molecule has 0 aliphatic carbocycles. The lowest BCUT2D eigenvalue weighted by atomic mass is 9.87. The van der Waals surface area contributed by atoms with Crippen LogP contribution in [-0.4, -0.2) is 223 Å². The SMILES string of the molecule is C/C=C/C(=O)CCC(=O)CCC(=O)C(C)(C)C.C/C=C/C(=O)CCC(=O)CCCCC(=O)C(C)(C)C.C/C=C/C(=O)CCC(=O)NCCS(=O)(=O)C(C)(C)C.C=C(C)C(=O)CCC(=O)CCC(=O)C(C)(C)C.C=CC(=O)CCC(=O)C(C)(C)C.C=CC(=O)CCC(=O)NCCS(=O)(=O)C(C)(C)C.C=CC(=O)N1CCN(C(=O)C(C)(C)C)CC1.CC(C)=CC(=O)CCC(=O)NCCS(=O)(=O)C(C)(C)C. The molecular formula is C105H175N5O25S3. The van der Waals surface area contributed by atoms with Crippen LogP contribution in [0.2, 0.25) is 0 Å². The van der Waals surface area contributed by atoms with Gasteiger partial charge in [-0.25, -0.2) is 25.3 Å². The number of carbonyl (C=O) groups excluding carboxylic acids is 19. The lowest BCUT2D eigenvalue weighted by molar-refractivity contribution is -0.143. The molecule has 138 heavy (non-hydrogen) atoms. The first-order chi connectivity index (χ1) is 62.6. The number of hydrogen-bond acceptors (Lipinski definition) is 25. The monoisotopic (exact) mass is 2000 g/mol. The first-order valence-electron chi connectivity index (χ1n) is 47.1. The molecule has 1 heterocycles. The first-order valence-corrected chi connectivity index (χ1v) is 52.0. The highest BCUT2D eigenvalue weighted by atomic mass is 32.2. The molecule has 0 bridgehead atoms. The van der Waals surface area contributed by atoms with Crippen molar-refractivity contribution in [2.45, 2.75) is 363 Å². The van der Waals surface area contributed by atoms with Crippen molar-refractivity contribution in [2.24, 2.45) is 27.1 Å². The molecule has 30 nitrogen and oxygen atoms in total. The van der Waals surface area contributed by atoms with Crippen LogP contribution in [-0.2, 0) is 121 Å². The zero-order valence-electron chi connectivity index (χ0n) is 89.6. The highest BCUT2D eigenvalue weighted by molar-refractivity contribution is 7.93. The fraction of sp³-hybridized carbons (Fsp3) is 0.667. The smallest absolute Gasteiger partial charge is 0.246 e. The van der Waals surface area contributed by atoms with Gasteiger partial charge in [0.2, 0.25) is 29.5 Å². The Morgan fingerprint density at radius 2 is 0.543 bits per heavy atom. The quantitative estimate of drug-likeness (QED) is 0.0376. The molecule has 1 aliphatic rings. The van der Waals surface area contributed by atoms with E-state index in [1.165, 1.54) is 36.5 Å². The van der Waals surface area contributed by atoms with Crippen molar-refractivity contribution in [3.05, 3.63) is 98.2 Å². The van der Waals surface area contributed by atoms with Crippen LogP contribution in [0.4, 0.5) is 0 Å². The van der Waals surface area contributed by atoms with Crippen molar-refractivity contribution in [3.63, 3.8) is 0 Å². The lowest BCUT2D eigenvalue weighted by Gasteiger charge is -2.37. The average Bonchev–Trinajstić information content (AvgIpc) is 1.13. The summed E-state index contributed by atoms with van der Waals surface area (Å²) in [6.45, 7) is 69.5. The minimum Gasteiger partial charge on any atom is -0.355 e. The van der Waals surface area contributed by atoms with E-state index >= 15 is 0 Å². The third-order valence-electron chi connectivity index (χ3n) is 20.1. The maximum Gasteiger partial charge on any atom is 0.246 e. The number of nitrogens with zero attached hydrogens (tertiary/aromatic N) is 2. The minimum atomic E-state index is -3.23. The standard InChI is InChI=1S/C16H26O3.C14H25NO4S.2C14H22O3.C13H23NO4S.C12H20N2O2.C12H21NO4S.C10H16O2/c1-5-8-13(17)11-12-14(18)9-6-7-10-15(19)16(2,3)4;1-11(2)10-12(16)6-7-13(17)15-8-9-20(18,19)14(3,4)5;1-10(2)12(16)8-6-11(15)7-9-13(17)14(3,4)5;1-5-6-11(15)7-8-12(16)9-10-13(17)14(2,3)4;1-5-6-11(15)7-8-12(16)14-9-10-19(17,18)13(2,3)4;1-5-10(15)13-6-8-14(9-7-13)11(16)12(2,3)4;1-5-10(14)6-7-11(15)13-8-9-18(16,17)12(2,3)4;1-5-8(11)6-7-9(12)10(2,3)4/h5,8H,6-7,9-12H2,1-4H3;10H,6-9H2,1-5H3,(H,15,17);1,6-9H2,2-5H3;5-6H,7-10H2,1-4H3;5-6H,7-10H2,1-4H3,(H,14,16);5H,1,6-9H2,2-4H3;5H,1,6-9H2,2-4H3,(H,13,15);5H,1,6-7H2,2-4H3/b8-5+;;;2*6-5+;;;. The van der Waals surface area contributed by atoms with Gasteiger partial charge >= 0.3 is 0 Å². The van der Waals surface area contributed by atoms with Crippen LogP contribution in [0.25, 0.3) is 0 Å². The summed E-state index contributed by atoms with van der Waals surface area (Å²) in [6.07, 6.45) is 20.8. The molecule has 1 rings (SSSR count). The zero-order valence-corrected chi connectivity index (χ0v) is 92.0. The second-order valence-corrected chi connectivity index (χ2v) is 50.1. The number of Topliss-reactive ketones (excluding diaryl/α,β-unsaturated/α-hetero) is 8. The minimum absolute atomic E-state index is 0.00115. The van der Waals surface area contributed by atoms with E-state index in [1.807, 2.05) is 123 Å². The van der Waals surface area contributed by atoms with Gasteiger partial charge < -0.3 is 25.8 Å². The molecule has 5 amide bonds. The van der Waals surface area contributed by atoms with Crippen molar-refractivity contribution in [1.29, 1.82) is 0 Å². The van der Waals surface area contributed by atoms with E-state index in [1.54, 1.807) is 113 Å². The largest absolute Gasteiger partial charge is 0.355 e. The number of hydrogen-bond donors (Lipinski definition) is 3. The summed E-state index contributed by atoms with van der Waals surface area (Å²) in [5, 5.41) is 7.53. The molecule has 33 heteroatoms. The summed E-state index contributed by atoms with van der Waals surface area (Å²) in [5.74, 6) is -1.11. The number of carbonyl (C=O) groups is 19. The third kappa shape index (κ3) is 76.4. The van der Waals surface area contributed by atoms with Crippen LogP contribution < -0.4 is 16.0 Å². The Kier molecular flexibility index (Phi) is 72.0. The fourth-order valence-corrected chi connectivity index (χ4v) is 13.2. The number of allylic oxidation sites excluding steroid dienone is 11. The summed E-state index contributed by atoms with van der Waals surface area (Å²) in [7, 11) is -9.69. The molecule has 1 fully saturated rings. The first kappa shape index (κ1) is 142. The number of piperazine rings is 1. The average molecular weight is 2000 g/mol. The van der Waals surface area contributed by atoms with Crippen molar-refractivity contribution < 1.29 is 116 Å². The van der Waals surface area contributed by atoms with Crippen molar-refractivity contribution >= 4 is 140 Å². The predicted octanol–water partition coefficient (Wildman–Crippen LogP) is 16.2. The highest BCUT2D eigenvalue weighted by Crippen LogP contribution is 2.25. The molecule has 0 radical (unpaired) electrons. The summed E-state index contributed by atoms with van der Waals surface area (Å²) in [5.41, 5.74) is -0.376. The van der Waals surface area contributed by atoms with E-state index in [0.717, 1.165) is 24.5 Å². The number of ketones is 14. The molecule has 1 aliphatic heterocycles. The lowest BCUT2D eigenvalue weighted by Crippen LogP contribution is -2.52. The molecule has 0 atom stereocenters. The van der Waals surface area contributed by atoms with Crippen LogP contribution >= 0.6 is 0 Å². The highest BCUT2D eigenvalue weighted by Gasteiger charge is 2.34. The van der Waals surface area contributed by atoms with Gasteiger partial charge in [-0.3, -0.25) is 91.1 Å². The Morgan fingerprint density at radius 1 is 0.297 bits per heavy atom. The van der Waals surface area contributed by atoms with Gasteiger partial charge in [0.25, 0.3) is 0 Å². The van der Waals surface area contributed by atoms with Gasteiger partial charge in [0.1, 0.15) is 40.5 Å². The van der Waals surface area contributed by atoms with Crippen LogP contribution in [0.1, 0.15) is 349 Å². The van der Waals surface area contributed by atoms with Crippen LogP contribution in [0.5, 0.6) is 0 Å². The Labute approximate surface area is 828 Å².